The zero-order valence-electron chi connectivity index (χ0n) is 8.18. The van der Waals surface area contributed by atoms with Crippen molar-refractivity contribution in [3.05, 3.63) is 0 Å². The Kier molecular flexibility index (Phi) is 7.18. The molecule has 2 heteroatoms. The zero-order chi connectivity index (χ0) is 8.69. The fraction of sp³-hybridized carbons (Fsp3) is 1.00. The lowest BCUT2D eigenvalue weighted by molar-refractivity contribution is 0.444. The Morgan fingerprint density at radius 2 is 1.82 bits per heavy atom. The van der Waals surface area contributed by atoms with Crippen LogP contribution in [0.15, 0.2) is 0 Å². The highest BCUT2D eigenvalue weighted by Gasteiger charge is 2.06. The first-order valence-corrected chi connectivity index (χ1v) is 5.88. The van der Waals surface area contributed by atoms with Gasteiger partial charge >= 0.3 is 0 Å². The number of hydrogen-bond acceptors (Lipinski definition) is 2. The summed E-state index contributed by atoms with van der Waals surface area (Å²) in [4.78, 5) is 0. The van der Waals surface area contributed by atoms with Crippen LogP contribution in [0.3, 0.4) is 0 Å². The first kappa shape index (κ1) is 11.3. The van der Waals surface area contributed by atoms with E-state index in [4.69, 9.17) is 0 Å². The van der Waals surface area contributed by atoms with Crippen molar-refractivity contribution in [2.45, 2.75) is 45.7 Å². The Hall–Kier alpha value is 0.310. The average Bonchev–Trinajstić information content (AvgIpc) is 2.01. The van der Waals surface area contributed by atoms with Gasteiger partial charge in [-0.1, -0.05) is 13.8 Å². The Balaban J connectivity index is 3.44. The molecule has 1 N–H and O–H groups in total. The van der Waals surface area contributed by atoms with Crippen LogP contribution in [0.2, 0.25) is 0 Å². The number of thioether (sulfide) groups is 1. The third-order valence-electron chi connectivity index (χ3n) is 1.92. The second-order valence-electron chi connectivity index (χ2n) is 3.04. The van der Waals surface area contributed by atoms with Gasteiger partial charge in [0.2, 0.25) is 0 Å². The summed E-state index contributed by atoms with van der Waals surface area (Å²) in [5.74, 6) is 1.22. The highest BCUT2D eigenvalue weighted by molar-refractivity contribution is 7.98. The van der Waals surface area contributed by atoms with Gasteiger partial charge in [0.15, 0.2) is 0 Å². The molecule has 0 aliphatic carbocycles. The lowest BCUT2D eigenvalue weighted by Crippen LogP contribution is -2.37. The predicted octanol–water partition coefficient (Wildman–Crippen LogP) is 2.52. The third kappa shape index (κ3) is 5.57. The van der Waals surface area contributed by atoms with E-state index < -0.39 is 0 Å². The lowest BCUT2D eigenvalue weighted by atomic mass is 10.1. The molecular weight excluding hydrogens is 154 g/mol. The number of rotatable bonds is 6. The first-order valence-electron chi connectivity index (χ1n) is 4.49. The molecule has 0 fully saturated rings. The molecule has 1 atom stereocenters. The predicted molar refractivity (Wildman–Crippen MR) is 55.3 cm³/mol. The van der Waals surface area contributed by atoms with E-state index in [1.807, 2.05) is 11.8 Å². The molecule has 0 rings (SSSR count). The highest BCUT2D eigenvalue weighted by Crippen LogP contribution is 2.01. The minimum atomic E-state index is 0.662. The molecule has 0 aromatic rings. The monoisotopic (exact) mass is 175 g/mol. The van der Waals surface area contributed by atoms with Crippen LogP contribution in [0.5, 0.6) is 0 Å². The van der Waals surface area contributed by atoms with Gasteiger partial charge in [0.05, 0.1) is 0 Å². The molecule has 0 spiro atoms. The van der Waals surface area contributed by atoms with E-state index >= 15 is 0 Å². The Bertz CT molecular complexity index is 81.6. The molecule has 0 aromatic carbocycles. The molecule has 0 saturated carbocycles. The van der Waals surface area contributed by atoms with E-state index in [-0.39, 0.29) is 0 Å². The van der Waals surface area contributed by atoms with E-state index in [0.717, 1.165) is 6.04 Å². The Morgan fingerprint density at radius 1 is 1.27 bits per heavy atom. The second kappa shape index (κ2) is 6.99. The van der Waals surface area contributed by atoms with E-state index in [9.17, 15) is 0 Å². The molecule has 68 valence electrons. The summed E-state index contributed by atoms with van der Waals surface area (Å²) in [5.41, 5.74) is 0. The van der Waals surface area contributed by atoms with Crippen molar-refractivity contribution in [2.24, 2.45) is 0 Å². The number of nitrogens with one attached hydrogen (secondary N) is 1. The van der Waals surface area contributed by atoms with Gasteiger partial charge in [-0.25, -0.2) is 0 Å². The van der Waals surface area contributed by atoms with Crippen molar-refractivity contribution >= 4 is 11.8 Å². The largest absolute Gasteiger partial charge is 0.311 e. The van der Waals surface area contributed by atoms with Crippen LogP contribution in [-0.4, -0.2) is 24.1 Å². The summed E-state index contributed by atoms with van der Waals surface area (Å²) in [6.07, 6.45) is 4.65. The molecule has 0 heterocycles. The zero-order valence-corrected chi connectivity index (χ0v) is 9.00. The summed E-state index contributed by atoms with van der Waals surface area (Å²) >= 11 is 1.91. The summed E-state index contributed by atoms with van der Waals surface area (Å²) in [6, 6.07) is 1.38. The lowest BCUT2D eigenvalue weighted by Gasteiger charge is -2.20. The maximum atomic E-state index is 3.60. The van der Waals surface area contributed by atoms with Gasteiger partial charge in [-0.15, -0.1) is 0 Å². The van der Waals surface area contributed by atoms with Crippen LogP contribution in [0.25, 0.3) is 0 Å². The molecule has 0 amide bonds. The van der Waals surface area contributed by atoms with Gasteiger partial charge in [0, 0.05) is 17.8 Å². The van der Waals surface area contributed by atoms with E-state index in [1.54, 1.807) is 0 Å². The van der Waals surface area contributed by atoms with Crippen molar-refractivity contribution in [1.82, 2.24) is 5.32 Å². The van der Waals surface area contributed by atoms with Gasteiger partial charge in [0.25, 0.3) is 0 Å². The molecule has 1 unspecified atom stereocenters. The van der Waals surface area contributed by atoms with Gasteiger partial charge in [-0.2, -0.15) is 11.8 Å². The van der Waals surface area contributed by atoms with Crippen molar-refractivity contribution in [1.29, 1.82) is 0 Å². The normalized spacial score (nSPS) is 13.9. The van der Waals surface area contributed by atoms with Crippen LogP contribution in [0.4, 0.5) is 0 Å². The van der Waals surface area contributed by atoms with Crippen LogP contribution in [-0.2, 0) is 0 Å². The topological polar surface area (TPSA) is 12.0 Å². The quantitative estimate of drug-likeness (QED) is 0.666. The molecule has 11 heavy (non-hydrogen) atoms. The molecule has 0 radical (unpaired) electrons. The van der Waals surface area contributed by atoms with Crippen LogP contribution < -0.4 is 5.32 Å². The highest BCUT2D eigenvalue weighted by atomic mass is 32.2. The summed E-state index contributed by atoms with van der Waals surface area (Å²) in [5, 5.41) is 3.60. The van der Waals surface area contributed by atoms with Crippen molar-refractivity contribution in [3.63, 3.8) is 0 Å². The fourth-order valence-electron chi connectivity index (χ4n) is 1.22. The molecule has 0 aromatic heterocycles. The number of hydrogen-bond donors (Lipinski definition) is 1. The van der Waals surface area contributed by atoms with Gasteiger partial charge < -0.3 is 5.32 Å². The Labute approximate surface area is 75.3 Å². The minimum Gasteiger partial charge on any atom is -0.311 e. The molecule has 0 aliphatic rings. The summed E-state index contributed by atoms with van der Waals surface area (Å²) < 4.78 is 0. The standard InChI is InChI=1S/C9H21NS/c1-5-9(6-2)10-8(3)7-11-4/h8-10H,5-7H2,1-4H3. The molecular formula is C9H21NS. The van der Waals surface area contributed by atoms with Gasteiger partial charge in [0.1, 0.15) is 0 Å². The van der Waals surface area contributed by atoms with Crippen molar-refractivity contribution < 1.29 is 0 Å². The van der Waals surface area contributed by atoms with Gasteiger partial charge in [-0.3, -0.25) is 0 Å². The molecule has 0 aliphatic heterocycles. The van der Waals surface area contributed by atoms with Crippen LogP contribution in [0.1, 0.15) is 33.6 Å². The van der Waals surface area contributed by atoms with E-state index in [0.29, 0.717) is 6.04 Å². The van der Waals surface area contributed by atoms with Crippen LogP contribution >= 0.6 is 11.8 Å². The molecule has 0 bridgehead atoms. The van der Waals surface area contributed by atoms with Crippen molar-refractivity contribution in [2.75, 3.05) is 12.0 Å². The van der Waals surface area contributed by atoms with Crippen LogP contribution in [0, 0.1) is 0 Å². The Morgan fingerprint density at radius 3 is 2.18 bits per heavy atom. The van der Waals surface area contributed by atoms with E-state index in [2.05, 4.69) is 32.3 Å². The summed E-state index contributed by atoms with van der Waals surface area (Å²) in [6.45, 7) is 6.74. The second-order valence-corrected chi connectivity index (χ2v) is 3.95. The molecule has 0 saturated heterocycles. The summed E-state index contributed by atoms with van der Waals surface area (Å²) in [7, 11) is 0. The average molecular weight is 175 g/mol. The first-order chi connectivity index (χ1) is 5.24. The maximum absolute atomic E-state index is 3.60. The van der Waals surface area contributed by atoms with E-state index in [1.165, 1.54) is 18.6 Å². The smallest absolute Gasteiger partial charge is 0.0132 e. The molecule has 1 nitrogen and oxygen atoms in total. The SMILES string of the molecule is CCC(CC)NC(C)CSC. The third-order valence-corrected chi connectivity index (χ3v) is 2.76. The van der Waals surface area contributed by atoms with Gasteiger partial charge in [-0.05, 0) is 26.0 Å². The fourth-order valence-corrected chi connectivity index (χ4v) is 1.82. The van der Waals surface area contributed by atoms with Crippen molar-refractivity contribution in [3.8, 4) is 0 Å². The maximum Gasteiger partial charge on any atom is 0.0132 e. The minimum absolute atomic E-state index is 0.662.